The maximum atomic E-state index is 13.3. The SMILES string of the molecule is COc1ccc(F)cc1C(NN)c1ccoc1Cl. The Bertz CT molecular complexity index is 545. The van der Waals surface area contributed by atoms with Gasteiger partial charge in [-0.1, -0.05) is 0 Å². The van der Waals surface area contributed by atoms with Crippen molar-refractivity contribution in [2.45, 2.75) is 6.04 Å². The number of furan rings is 1. The molecule has 0 aliphatic heterocycles. The Morgan fingerprint density at radius 2 is 2.17 bits per heavy atom. The van der Waals surface area contributed by atoms with Gasteiger partial charge < -0.3 is 9.15 Å². The van der Waals surface area contributed by atoms with Gasteiger partial charge in [-0.15, -0.1) is 0 Å². The molecule has 4 nitrogen and oxygen atoms in total. The Kier molecular flexibility index (Phi) is 3.86. The summed E-state index contributed by atoms with van der Waals surface area (Å²) in [4.78, 5) is 0. The van der Waals surface area contributed by atoms with Gasteiger partial charge in [-0.05, 0) is 35.9 Å². The molecule has 0 bridgehead atoms. The van der Waals surface area contributed by atoms with Crippen molar-refractivity contribution in [1.29, 1.82) is 0 Å². The first-order valence-corrected chi connectivity index (χ1v) is 5.57. The minimum absolute atomic E-state index is 0.198. The van der Waals surface area contributed by atoms with E-state index in [9.17, 15) is 4.39 Å². The standard InChI is InChI=1S/C12H12ClFN2O2/c1-17-10-3-2-7(14)6-9(10)11(16-15)8-4-5-18-12(8)13/h2-6,11,16H,15H2,1H3. The van der Waals surface area contributed by atoms with Crippen molar-refractivity contribution in [3.05, 3.63) is 52.7 Å². The van der Waals surface area contributed by atoms with Crippen molar-refractivity contribution >= 4 is 11.6 Å². The summed E-state index contributed by atoms with van der Waals surface area (Å²) in [6, 6.07) is 5.33. The van der Waals surface area contributed by atoms with Gasteiger partial charge in [0.2, 0.25) is 0 Å². The Balaban J connectivity index is 2.51. The molecule has 96 valence electrons. The Hall–Kier alpha value is -1.56. The van der Waals surface area contributed by atoms with Gasteiger partial charge in [0.25, 0.3) is 0 Å². The van der Waals surface area contributed by atoms with Gasteiger partial charge >= 0.3 is 0 Å². The molecule has 0 saturated heterocycles. The van der Waals surface area contributed by atoms with E-state index in [2.05, 4.69) is 5.43 Å². The van der Waals surface area contributed by atoms with E-state index in [0.29, 0.717) is 16.9 Å². The summed E-state index contributed by atoms with van der Waals surface area (Å²) in [5, 5.41) is 0.198. The maximum Gasteiger partial charge on any atom is 0.198 e. The van der Waals surface area contributed by atoms with Gasteiger partial charge in [-0.2, -0.15) is 0 Å². The van der Waals surface area contributed by atoms with Gasteiger partial charge in [0.1, 0.15) is 11.6 Å². The molecule has 0 aliphatic rings. The number of methoxy groups -OCH3 is 1. The lowest BCUT2D eigenvalue weighted by molar-refractivity contribution is 0.402. The van der Waals surface area contributed by atoms with E-state index in [1.165, 1.54) is 31.6 Å². The van der Waals surface area contributed by atoms with Gasteiger partial charge in [-0.25, -0.2) is 9.82 Å². The van der Waals surface area contributed by atoms with Crippen LogP contribution in [-0.4, -0.2) is 7.11 Å². The second-order valence-corrected chi connectivity index (χ2v) is 3.98. The van der Waals surface area contributed by atoms with Crippen LogP contribution in [0, 0.1) is 5.82 Å². The molecule has 1 unspecified atom stereocenters. The molecule has 0 fully saturated rings. The van der Waals surface area contributed by atoms with Crippen LogP contribution in [0.5, 0.6) is 5.75 Å². The van der Waals surface area contributed by atoms with E-state index in [0.717, 1.165) is 0 Å². The summed E-state index contributed by atoms with van der Waals surface area (Å²) in [5.41, 5.74) is 3.73. The fraction of sp³-hybridized carbons (Fsp3) is 0.167. The number of halogens is 2. The molecule has 2 rings (SSSR count). The van der Waals surface area contributed by atoms with Crippen molar-refractivity contribution in [3.63, 3.8) is 0 Å². The number of hydrazine groups is 1. The van der Waals surface area contributed by atoms with Gasteiger partial charge in [-0.3, -0.25) is 5.84 Å². The van der Waals surface area contributed by atoms with Crippen LogP contribution in [0.4, 0.5) is 4.39 Å². The first kappa shape index (κ1) is 12.9. The molecule has 0 aliphatic carbocycles. The molecule has 1 aromatic heterocycles. The minimum atomic E-state index is -0.512. The molecule has 1 aromatic carbocycles. The molecule has 0 amide bonds. The monoisotopic (exact) mass is 270 g/mol. The van der Waals surface area contributed by atoms with Crippen molar-refractivity contribution in [2.24, 2.45) is 5.84 Å². The summed E-state index contributed by atoms with van der Waals surface area (Å²) in [6.45, 7) is 0. The van der Waals surface area contributed by atoms with Gasteiger partial charge in [0.15, 0.2) is 5.22 Å². The predicted octanol–water partition coefficient (Wildman–Crippen LogP) is 2.63. The highest BCUT2D eigenvalue weighted by molar-refractivity contribution is 6.29. The third kappa shape index (κ3) is 2.33. The van der Waals surface area contributed by atoms with Crippen LogP contribution in [0.15, 0.2) is 34.9 Å². The van der Waals surface area contributed by atoms with Crippen LogP contribution in [0.2, 0.25) is 5.22 Å². The van der Waals surface area contributed by atoms with E-state index in [4.69, 9.17) is 26.6 Å². The summed E-state index contributed by atoms with van der Waals surface area (Å²) in [5.74, 6) is 5.64. The van der Waals surface area contributed by atoms with E-state index in [-0.39, 0.29) is 11.0 Å². The number of hydrogen-bond donors (Lipinski definition) is 2. The lowest BCUT2D eigenvalue weighted by Crippen LogP contribution is -2.29. The van der Waals surface area contributed by atoms with Crippen LogP contribution in [0.25, 0.3) is 0 Å². The smallest absolute Gasteiger partial charge is 0.198 e. The van der Waals surface area contributed by atoms with Gasteiger partial charge in [0, 0.05) is 11.1 Å². The Labute approximate surface area is 108 Å². The molecular formula is C12H12ClFN2O2. The van der Waals surface area contributed by atoms with E-state index in [1.54, 1.807) is 6.07 Å². The van der Waals surface area contributed by atoms with Crippen molar-refractivity contribution in [3.8, 4) is 5.75 Å². The molecule has 2 aromatic rings. The molecule has 0 spiro atoms. The predicted molar refractivity (Wildman–Crippen MR) is 65.8 cm³/mol. The normalized spacial score (nSPS) is 12.4. The third-order valence-corrected chi connectivity index (χ3v) is 2.93. The van der Waals surface area contributed by atoms with Crippen LogP contribution in [-0.2, 0) is 0 Å². The second kappa shape index (κ2) is 5.39. The summed E-state index contributed by atoms with van der Waals surface area (Å²) < 4.78 is 23.5. The molecule has 1 heterocycles. The first-order chi connectivity index (χ1) is 8.67. The summed E-state index contributed by atoms with van der Waals surface area (Å²) in [7, 11) is 1.50. The van der Waals surface area contributed by atoms with Crippen LogP contribution in [0.1, 0.15) is 17.2 Å². The van der Waals surface area contributed by atoms with Crippen LogP contribution < -0.4 is 16.0 Å². The number of benzene rings is 1. The number of rotatable bonds is 4. The van der Waals surface area contributed by atoms with Crippen molar-refractivity contribution < 1.29 is 13.5 Å². The lowest BCUT2D eigenvalue weighted by Gasteiger charge is -2.18. The molecular weight excluding hydrogens is 259 g/mol. The molecule has 0 radical (unpaired) electrons. The van der Waals surface area contributed by atoms with Crippen molar-refractivity contribution in [1.82, 2.24) is 5.43 Å². The van der Waals surface area contributed by atoms with Crippen LogP contribution in [0.3, 0.4) is 0 Å². The zero-order chi connectivity index (χ0) is 13.1. The zero-order valence-corrected chi connectivity index (χ0v) is 10.4. The maximum absolute atomic E-state index is 13.3. The highest BCUT2D eigenvalue weighted by Gasteiger charge is 2.21. The van der Waals surface area contributed by atoms with E-state index in [1.807, 2.05) is 0 Å². The number of nitrogens with two attached hydrogens (primary N) is 1. The topological polar surface area (TPSA) is 60.4 Å². The molecule has 18 heavy (non-hydrogen) atoms. The number of ether oxygens (including phenoxy) is 1. The first-order valence-electron chi connectivity index (χ1n) is 5.19. The van der Waals surface area contributed by atoms with Crippen molar-refractivity contribution in [2.75, 3.05) is 7.11 Å². The largest absolute Gasteiger partial charge is 0.496 e. The molecule has 1 atom stereocenters. The highest BCUT2D eigenvalue weighted by Crippen LogP contribution is 2.34. The minimum Gasteiger partial charge on any atom is -0.496 e. The molecule has 6 heteroatoms. The average molecular weight is 271 g/mol. The lowest BCUT2D eigenvalue weighted by atomic mass is 10.0. The van der Waals surface area contributed by atoms with E-state index >= 15 is 0 Å². The fourth-order valence-electron chi connectivity index (χ4n) is 1.79. The second-order valence-electron chi connectivity index (χ2n) is 3.64. The Morgan fingerprint density at radius 1 is 1.39 bits per heavy atom. The summed E-state index contributed by atoms with van der Waals surface area (Å²) >= 11 is 5.90. The number of hydrogen-bond acceptors (Lipinski definition) is 4. The zero-order valence-electron chi connectivity index (χ0n) is 9.61. The van der Waals surface area contributed by atoms with Crippen LogP contribution >= 0.6 is 11.6 Å². The number of nitrogens with one attached hydrogen (secondary N) is 1. The Morgan fingerprint density at radius 3 is 2.72 bits per heavy atom. The van der Waals surface area contributed by atoms with E-state index < -0.39 is 6.04 Å². The fourth-order valence-corrected chi connectivity index (χ4v) is 2.01. The highest BCUT2D eigenvalue weighted by atomic mass is 35.5. The third-order valence-electron chi connectivity index (χ3n) is 2.63. The molecule has 3 N–H and O–H groups in total. The summed E-state index contributed by atoms with van der Waals surface area (Å²) in [6.07, 6.45) is 1.44. The quantitative estimate of drug-likeness (QED) is 0.662. The average Bonchev–Trinajstić information content (AvgIpc) is 2.77. The molecule has 0 saturated carbocycles. The van der Waals surface area contributed by atoms with Gasteiger partial charge in [0.05, 0.1) is 19.4 Å².